The molecule has 1 N–H and O–H groups in total. The second-order valence-corrected chi connectivity index (χ2v) is 5.41. The van der Waals surface area contributed by atoms with Crippen LogP contribution in [0.25, 0.3) is 0 Å². The number of hydrogen-bond acceptors (Lipinski definition) is 4. The average molecular weight is 290 g/mol. The Hall–Kier alpha value is -2.17. The highest BCUT2D eigenvalue weighted by Gasteiger charge is 2.44. The number of carbonyl (C=O) groups excluding carboxylic acids is 2. The highest BCUT2D eigenvalue weighted by atomic mass is 16.5. The molecular weight excluding hydrogens is 272 g/mol. The third-order valence-electron chi connectivity index (χ3n) is 4.14. The number of carboxylic acid groups (broad SMARTS) is 1. The first kappa shape index (κ1) is 15.2. The molecule has 1 unspecified atom stereocenters. The molecule has 5 heteroatoms. The molecule has 0 aliphatic heterocycles. The van der Waals surface area contributed by atoms with Crippen LogP contribution in [0.4, 0.5) is 0 Å². The number of carboxylic acids is 1. The minimum absolute atomic E-state index is 0.0655. The molecule has 0 saturated heterocycles. The van der Waals surface area contributed by atoms with E-state index in [4.69, 9.17) is 5.11 Å². The lowest BCUT2D eigenvalue weighted by molar-refractivity contribution is -0.144. The van der Waals surface area contributed by atoms with Gasteiger partial charge in [-0.2, -0.15) is 0 Å². The Balaban J connectivity index is 2.34. The van der Waals surface area contributed by atoms with Gasteiger partial charge in [-0.15, -0.1) is 0 Å². The number of benzene rings is 1. The molecule has 1 aliphatic rings. The van der Waals surface area contributed by atoms with Crippen LogP contribution in [0.15, 0.2) is 24.3 Å². The van der Waals surface area contributed by atoms with Crippen molar-refractivity contribution in [2.24, 2.45) is 5.41 Å². The first-order valence-corrected chi connectivity index (χ1v) is 6.90. The summed E-state index contributed by atoms with van der Waals surface area (Å²) in [5.74, 6) is -1.59. The molecule has 112 valence electrons. The van der Waals surface area contributed by atoms with Crippen LogP contribution in [0.3, 0.4) is 0 Å². The molecule has 1 aromatic carbocycles. The smallest absolute Gasteiger partial charge is 0.306 e. The number of fused-ring (bicyclic) bond motifs is 1. The summed E-state index contributed by atoms with van der Waals surface area (Å²) < 4.78 is 4.68. The van der Waals surface area contributed by atoms with E-state index >= 15 is 0 Å². The molecule has 0 aromatic heterocycles. The van der Waals surface area contributed by atoms with Crippen molar-refractivity contribution in [1.82, 2.24) is 0 Å². The Labute approximate surface area is 122 Å². The quantitative estimate of drug-likeness (QED) is 0.841. The van der Waals surface area contributed by atoms with Crippen molar-refractivity contribution in [2.75, 3.05) is 7.11 Å². The van der Waals surface area contributed by atoms with Gasteiger partial charge in [-0.05, 0) is 24.8 Å². The van der Waals surface area contributed by atoms with Gasteiger partial charge in [0, 0.05) is 17.4 Å². The lowest BCUT2D eigenvalue weighted by Crippen LogP contribution is -2.38. The Morgan fingerprint density at radius 2 is 2.05 bits per heavy atom. The van der Waals surface area contributed by atoms with Gasteiger partial charge in [0.25, 0.3) is 0 Å². The largest absolute Gasteiger partial charge is 0.481 e. The van der Waals surface area contributed by atoms with Crippen LogP contribution in [0.1, 0.15) is 41.6 Å². The SMILES string of the molecule is COC(=O)CC1(CCC(=O)O)CCc2ccccc2C1=O. The van der Waals surface area contributed by atoms with Crippen molar-refractivity contribution in [3.8, 4) is 0 Å². The molecule has 0 radical (unpaired) electrons. The second kappa shape index (κ2) is 6.08. The summed E-state index contributed by atoms with van der Waals surface area (Å²) >= 11 is 0. The standard InChI is InChI=1S/C16H18O5/c1-21-14(19)10-16(9-7-13(17)18)8-6-11-4-2-3-5-12(11)15(16)20/h2-5H,6-10H2,1H3,(H,17,18). The van der Waals surface area contributed by atoms with Crippen molar-refractivity contribution in [2.45, 2.75) is 32.1 Å². The molecule has 0 amide bonds. The van der Waals surface area contributed by atoms with Gasteiger partial charge in [-0.3, -0.25) is 14.4 Å². The van der Waals surface area contributed by atoms with Crippen molar-refractivity contribution in [3.63, 3.8) is 0 Å². The van der Waals surface area contributed by atoms with Crippen LogP contribution in [-0.2, 0) is 20.7 Å². The van der Waals surface area contributed by atoms with E-state index in [-0.39, 0.29) is 25.0 Å². The Morgan fingerprint density at radius 1 is 1.33 bits per heavy atom. The summed E-state index contributed by atoms with van der Waals surface area (Å²) in [5.41, 5.74) is 0.594. The average Bonchev–Trinajstić information content (AvgIpc) is 2.49. The zero-order valence-corrected chi connectivity index (χ0v) is 11.9. The first-order chi connectivity index (χ1) is 9.98. The maximum Gasteiger partial charge on any atom is 0.306 e. The summed E-state index contributed by atoms with van der Waals surface area (Å²) in [4.78, 5) is 35.3. The van der Waals surface area contributed by atoms with E-state index in [1.807, 2.05) is 12.1 Å². The van der Waals surface area contributed by atoms with Gasteiger partial charge in [0.05, 0.1) is 13.5 Å². The van der Waals surface area contributed by atoms with Crippen molar-refractivity contribution < 1.29 is 24.2 Å². The third kappa shape index (κ3) is 3.12. The normalized spacial score (nSPS) is 20.7. The molecule has 2 rings (SSSR count). The monoisotopic (exact) mass is 290 g/mol. The van der Waals surface area contributed by atoms with Crippen molar-refractivity contribution in [3.05, 3.63) is 35.4 Å². The van der Waals surface area contributed by atoms with Crippen LogP contribution < -0.4 is 0 Å². The molecule has 0 bridgehead atoms. The molecule has 21 heavy (non-hydrogen) atoms. The number of aryl methyl sites for hydroxylation is 1. The van der Waals surface area contributed by atoms with Crippen molar-refractivity contribution in [1.29, 1.82) is 0 Å². The molecule has 0 fully saturated rings. The number of methoxy groups -OCH3 is 1. The molecule has 0 heterocycles. The minimum atomic E-state index is -0.967. The Morgan fingerprint density at radius 3 is 2.71 bits per heavy atom. The summed E-state index contributed by atoms with van der Waals surface area (Å²) in [6, 6.07) is 7.29. The van der Waals surface area contributed by atoms with Gasteiger partial charge < -0.3 is 9.84 Å². The number of esters is 1. The molecule has 1 aromatic rings. The van der Waals surface area contributed by atoms with Gasteiger partial charge in [0.2, 0.25) is 0 Å². The lowest BCUT2D eigenvalue weighted by Gasteiger charge is -2.35. The first-order valence-electron chi connectivity index (χ1n) is 6.90. The molecule has 0 saturated carbocycles. The van der Waals surface area contributed by atoms with Crippen LogP contribution >= 0.6 is 0 Å². The topological polar surface area (TPSA) is 80.7 Å². The van der Waals surface area contributed by atoms with E-state index in [0.29, 0.717) is 18.4 Å². The van der Waals surface area contributed by atoms with E-state index in [1.54, 1.807) is 12.1 Å². The van der Waals surface area contributed by atoms with Gasteiger partial charge >= 0.3 is 11.9 Å². The fourth-order valence-electron chi connectivity index (χ4n) is 2.92. The number of ether oxygens (including phenoxy) is 1. The summed E-state index contributed by atoms with van der Waals surface area (Å²) in [7, 11) is 1.27. The van der Waals surface area contributed by atoms with Gasteiger partial charge in [0.1, 0.15) is 0 Å². The van der Waals surface area contributed by atoms with Gasteiger partial charge in [0.15, 0.2) is 5.78 Å². The lowest BCUT2D eigenvalue weighted by atomic mass is 9.66. The zero-order chi connectivity index (χ0) is 15.5. The highest BCUT2D eigenvalue weighted by Crippen LogP contribution is 2.42. The van der Waals surface area contributed by atoms with Crippen LogP contribution in [0, 0.1) is 5.41 Å². The predicted octanol–water partition coefficient (Wildman–Crippen LogP) is 2.23. The minimum Gasteiger partial charge on any atom is -0.481 e. The zero-order valence-electron chi connectivity index (χ0n) is 11.9. The molecule has 1 atom stereocenters. The number of aliphatic carboxylic acids is 1. The number of rotatable bonds is 5. The number of carbonyl (C=O) groups is 3. The maximum atomic E-state index is 12.8. The van der Waals surface area contributed by atoms with Gasteiger partial charge in [-0.25, -0.2) is 0 Å². The fourth-order valence-corrected chi connectivity index (χ4v) is 2.92. The van der Waals surface area contributed by atoms with Crippen LogP contribution in [-0.4, -0.2) is 29.9 Å². The Kier molecular flexibility index (Phi) is 4.40. The van der Waals surface area contributed by atoms with E-state index in [1.165, 1.54) is 7.11 Å². The van der Waals surface area contributed by atoms with Crippen LogP contribution in [0.5, 0.6) is 0 Å². The highest BCUT2D eigenvalue weighted by molar-refractivity contribution is 6.04. The van der Waals surface area contributed by atoms with Crippen molar-refractivity contribution >= 4 is 17.7 Å². The van der Waals surface area contributed by atoms with E-state index in [9.17, 15) is 14.4 Å². The van der Waals surface area contributed by atoms with E-state index < -0.39 is 17.4 Å². The molecule has 0 spiro atoms. The number of Topliss-reactive ketones (excluding diaryl/α,β-unsaturated/α-hetero) is 1. The maximum absolute atomic E-state index is 12.8. The second-order valence-electron chi connectivity index (χ2n) is 5.41. The summed E-state index contributed by atoms with van der Waals surface area (Å²) in [5, 5.41) is 8.90. The molecule has 1 aliphatic carbocycles. The third-order valence-corrected chi connectivity index (χ3v) is 4.14. The Bertz CT molecular complexity index is 578. The number of hydrogen-bond donors (Lipinski definition) is 1. The van der Waals surface area contributed by atoms with E-state index in [2.05, 4.69) is 4.74 Å². The fraction of sp³-hybridized carbons (Fsp3) is 0.438. The molecule has 5 nitrogen and oxygen atoms in total. The van der Waals surface area contributed by atoms with E-state index in [0.717, 1.165) is 5.56 Å². The predicted molar refractivity (Wildman–Crippen MR) is 75.0 cm³/mol. The molecular formula is C16H18O5. The number of ketones is 1. The summed E-state index contributed by atoms with van der Waals surface area (Å²) in [6.45, 7) is 0. The van der Waals surface area contributed by atoms with Crippen LogP contribution in [0.2, 0.25) is 0 Å². The van der Waals surface area contributed by atoms with Gasteiger partial charge in [-0.1, -0.05) is 24.3 Å². The summed E-state index contributed by atoms with van der Waals surface area (Å²) in [6.07, 6.45) is 1.10.